The lowest BCUT2D eigenvalue weighted by Gasteiger charge is -2.35. The van der Waals surface area contributed by atoms with Gasteiger partial charge in [0.2, 0.25) is 11.8 Å². The molecule has 0 saturated carbocycles. The number of carbonyl (C=O) groups excluding carboxylic acids is 2. The van der Waals surface area contributed by atoms with Crippen molar-refractivity contribution >= 4 is 27.5 Å². The van der Waals surface area contributed by atoms with E-state index in [0.717, 1.165) is 16.7 Å². The van der Waals surface area contributed by atoms with Crippen molar-refractivity contribution in [1.82, 2.24) is 10.2 Å². The van der Waals surface area contributed by atoms with Crippen molar-refractivity contribution in [3.8, 4) is 0 Å². The summed E-state index contributed by atoms with van der Waals surface area (Å²) in [5.74, 6) is -0.733. The summed E-state index contributed by atoms with van der Waals surface area (Å²) in [6.07, 6.45) is 0.959. The second kappa shape index (κ2) is 13.1. The van der Waals surface area contributed by atoms with Crippen LogP contribution in [0.25, 0.3) is 0 Å². The normalized spacial score (nSPS) is 12.4. The predicted octanol–water partition coefficient (Wildman–Crippen LogP) is 5.47. The van der Waals surface area contributed by atoms with E-state index in [1.54, 1.807) is 30.3 Å². The van der Waals surface area contributed by atoms with Gasteiger partial charge in [-0.15, -0.1) is 0 Å². The van der Waals surface area contributed by atoms with Crippen LogP contribution >= 0.6 is 0 Å². The Hall–Kier alpha value is -3.65. The molecular formula is C32H41N3O4S. The lowest BCUT2D eigenvalue weighted by atomic mass is 10.1. The van der Waals surface area contributed by atoms with Gasteiger partial charge in [0.05, 0.1) is 10.6 Å². The third kappa shape index (κ3) is 7.72. The van der Waals surface area contributed by atoms with Crippen LogP contribution in [0.2, 0.25) is 0 Å². The molecule has 0 aliphatic carbocycles. The smallest absolute Gasteiger partial charge is 0.264 e. The molecule has 0 unspecified atom stereocenters. The van der Waals surface area contributed by atoms with Gasteiger partial charge in [0.15, 0.2) is 0 Å². The van der Waals surface area contributed by atoms with E-state index in [9.17, 15) is 18.0 Å². The lowest BCUT2D eigenvalue weighted by Crippen LogP contribution is -2.55. The summed E-state index contributed by atoms with van der Waals surface area (Å²) in [5, 5.41) is 3.00. The van der Waals surface area contributed by atoms with Crippen molar-refractivity contribution in [2.75, 3.05) is 10.8 Å². The minimum Gasteiger partial charge on any atom is -0.350 e. The third-order valence-electron chi connectivity index (χ3n) is 6.61. The summed E-state index contributed by atoms with van der Waals surface area (Å²) >= 11 is 0. The van der Waals surface area contributed by atoms with Crippen LogP contribution in [0.1, 0.15) is 57.7 Å². The first kappa shape index (κ1) is 30.9. The molecule has 3 aromatic carbocycles. The van der Waals surface area contributed by atoms with E-state index >= 15 is 0 Å². The monoisotopic (exact) mass is 563 g/mol. The lowest BCUT2D eigenvalue weighted by molar-refractivity contribution is -0.141. The molecule has 7 nitrogen and oxygen atoms in total. The van der Waals surface area contributed by atoms with Crippen LogP contribution in [0, 0.1) is 6.92 Å². The van der Waals surface area contributed by atoms with E-state index in [1.807, 2.05) is 77.9 Å². The van der Waals surface area contributed by atoms with Crippen LogP contribution in [-0.2, 0) is 32.6 Å². The van der Waals surface area contributed by atoms with E-state index < -0.39 is 34.1 Å². The average molecular weight is 564 g/mol. The summed E-state index contributed by atoms with van der Waals surface area (Å²) in [5.41, 5.74) is 2.69. The van der Waals surface area contributed by atoms with E-state index in [2.05, 4.69) is 5.32 Å². The number of rotatable bonds is 11. The maximum absolute atomic E-state index is 14.2. The fraction of sp³-hybridized carbons (Fsp3) is 0.375. The molecule has 3 rings (SSSR count). The van der Waals surface area contributed by atoms with E-state index in [1.165, 1.54) is 21.3 Å². The number of hydrogen-bond acceptors (Lipinski definition) is 4. The van der Waals surface area contributed by atoms with Gasteiger partial charge in [-0.1, -0.05) is 80.1 Å². The Balaban J connectivity index is 2.09. The highest BCUT2D eigenvalue weighted by Gasteiger charge is 2.35. The molecule has 0 aliphatic rings. The van der Waals surface area contributed by atoms with Crippen molar-refractivity contribution < 1.29 is 18.0 Å². The van der Waals surface area contributed by atoms with Gasteiger partial charge >= 0.3 is 0 Å². The zero-order valence-corrected chi connectivity index (χ0v) is 25.2. The van der Waals surface area contributed by atoms with Gasteiger partial charge in [0.1, 0.15) is 12.6 Å². The quantitative estimate of drug-likeness (QED) is 0.335. The number of carbonyl (C=O) groups is 2. The standard InChI is InChI=1S/C32H41N3O4S/c1-7-26-14-12-13-17-29(26)35(40(38,39)27-15-10-9-11-16-27)23-30(36)34(22-25-20-18-24(3)19-21-25)28(8-2)31(37)33-32(4,5)6/h9-21,28H,7-8,22-23H2,1-6H3,(H,33,37)/t28-/m1/s1. The SMILES string of the molecule is CCc1ccccc1N(CC(=O)N(Cc1ccc(C)cc1)[C@H](CC)C(=O)NC(C)(C)C)S(=O)(=O)c1ccccc1. The maximum atomic E-state index is 14.2. The number of nitrogens with zero attached hydrogens (tertiary/aromatic N) is 2. The summed E-state index contributed by atoms with van der Waals surface area (Å²) in [6.45, 7) is 11.2. The highest BCUT2D eigenvalue weighted by atomic mass is 32.2. The van der Waals surface area contributed by atoms with Crippen molar-refractivity contribution in [3.05, 3.63) is 95.6 Å². The number of sulfonamides is 1. The molecule has 0 radical (unpaired) electrons. The highest BCUT2D eigenvalue weighted by Crippen LogP contribution is 2.28. The number of anilines is 1. The Morgan fingerprint density at radius 2 is 1.48 bits per heavy atom. The minimum absolute atomic E-state index is 0.0938. The van der Waals surface area contributed by atoms with Gasteiger partial charge in [0.25, 0.3) is 10.0 Å². The molecule has 3 aromatic rings. The number of aryl methyl sites for hydroxylation is 2. The summed E-state index contributed by atoms with van der Waals surface area (Å²) < 4.78 is 29.2. The zero-order chi connectivity index (χ0) is 29.5. The zero-order valence-electron chi connectivity index (χ0n) is 24.3. The Kier molecular flexibility index (Phi) is 10.1. The molecule has 0 spiro atoms. The molecule has 40 heavy (non-hydrogen) atoms. The topological polar surface area (TPSA) is 86.8 Å². The minimum atomic E-state index is -4.09. The Morgan fingerprint density at radius 3 is 2.05 bits per heavy atom. The highest BCUT2D eigenvalue weighted by molar-refractivity contribution is 7.92. The van der Waals surface area contributed by atoms with Gasteiger partial charge in [-0.25, -0.2) is 8.42 Å². The fourth-order valence-electron chi connectivity index (χ4n) is 4.55. The van der Waals surface area contributed by atoms with Gasteiger partial charge in [-0.2, -0.15) is 0 Å². The number of nitrogens with one attached hydrogen (secondary N) is 1. The van der Waals surface area contributed by atoms with Crippen LogP contribution < -0.4 is 9.62 Å². The average Bonchev–Trinajstić information content (AvgIpc) is 2.92. The molecule has 1 atom stereocenters. The van der Waals surface area contributed by atoms with Crippen molar-refractivity contribution in [3.63, 3.8) is 0 Å². The maximum Gasteiger partial charge on any atom is 0.264 e. The molecule has 214 valence electrons. The largest absolute Gasteiger partial charge is 0.350 e. The molecule has 0 saturated heterocycles. The second-order valence-electron chi connectivity index (χ2n) is 11.0. The predicted molar refractivity (Wildman–Crippen MR) is 160 cm³/mol. The van der Waals surface area contributed by atoms with Gasteiger partial charge in [-0.3, -0.25) is 13.9 Å². The van der Waals surface area contributed by atoms with Crippen LogP contribution in [0.5, 0.6) is 0 Å². The van der Waals surface area contributed by atoms with Crippen molar-refractivity contribution in [2.45, 2.75) is 77.4 Å². The Bertz CT molecular complexity index is 1400. The van der Waals surface area contributed by atoms with Crippen molar-refractivity contribution in [1.29, 1.82) is 0 Å². The fourth-order valence-corrected chi connectivity index (χ4v) is 6.02. The third-order valence-corrected chi connectivity index (χ3v) is 8.38. The molecule has 8 heteroatoms. The van der Waals surface area contributed by atoms with Gasteiger partial charge < -0.3 is 10.2 Å². The Labute approximate surface area is 239 Å². The molecule has 2 amide bonds. The van der Waals surface area contributed by atoms with Gasteiger partial charge in [0, 0.05) is 12.1 Å². The van der Waals surface area contributed by atoms with Gasteiger partial charge in [-0.05, 0) is 69.9 Å². The van der Waals surface area contributed by atoms with E-state index in [0.29, 0.717) is 18.5 Å². The number of para-hydroxylation sites is 1. The number of amides is 2. The first-order valence-electron chi connectivity index (χ1n) is 13.7. The Morgan fingerprint density at radius 1 is 0.875 bits per heavy atom. The first-order valence-corrected chi connectivity index (χ1v) is 15.1. The number of hydrogen-bond donors (Lipinski definition) is 1. The van der Waals surface area contributed by atoms with Crippen molar-refractivity contribution in [2.24, 2.45) is 0 Å². The van der Waals surface area contributed by atoms with E-state index in [4.69, 9.17) is 0 Å². The number of benzene rings is 3. The summed E-state index contributed by atoms with van der Waals surface area (Å²) in [6, 6.07) is 22.3. The molecule has 0 aliphatic heterocycles. The molecular weight excluding hydrogens is 522 g/mol. The van der Waals surface area contributed by atoms with Crippen LogP contribution in [0.4, 0.5) is 5.69 Å². The van der Waals surface area contributed by atoms with Crippen LogP contribution in [0.3, 0.4) is 0 Å². The molecule has 1 N–H and O–H groups in total. The molecule has 0 fully saturated rings. The molecule has 0 bridgehead atoms. The molecule has 0 aromatic heterocycles. The summed E-state index contributed by atoms with van der Waals surface area (Å²) in [4.78, 5) is 29.2. The van der Waals surface area contributed by atoms with Crippen LogP contribution in [0.15, 0.2) is 83.8 Å². The second-order valence-corrected chi connectivity index (χ2v) is 12.8. The van der Waals surface area contributed by atoms with E-state index in [-0.39, 0.29) is 17.3 Å². The molecule has 0 heterocycles. The first-order chi connectivity index (χ1) is 18.9. The van der Waals surface area contributed by atoms with Crippen LogP contribution in [-0.4, -0.2) is 43.3 Å². The summed E-state index contributed by atoms with van der Waals surface area (Å²) in [7, 11) is -4.09.